The normalized spacial score (nSPS) is 10.7. The number of methoxy groups -OCH3 is 1. The highest BCUT2D eigenvalue weighted by atomic mass is 35.5. The Hall–Kier alpha value is -2.50. The predicted octanol–water partition coefficient (Wildman–Crippen LogP) is 4.82. The Balaban J connectivity index is 1.95. The van der Waals surface area contributed by atoms with Crippen molar-refractivity contribution in [1.82, 2.24) is 4.98 Å². The molecule has 0 unspecified atom stereocenters. The molecule has 0 atom stereocenters. The second-order valence-electron chi connectivity index (χ2n) is 5.46. The van der Waals surface area contributed by atoms with Gasteiger partial charge in [-0.3, -0.25) is 4.79 Å². The molecule has 3 rings (SSSR count). The Morgan fingerprint density at radius 1 is 1.12 bits per heavy atom. The average Bonchev–Trinajstić information content (AvgIpc) is 2.92. The van der Waals surface area contributed by atoms with Crippen molar-refractivity contribution in [3.05, 3.63) is 63.3 Å². The van der Waals surface area contributed by atoms with Gasteiger partial charge < -0.3 is 15.0 Å². The Morgan fingerprint density at radius 2 is 1.88 bits per heavy atom. The number of hydrogen-bond acceptors (Lipinski definition) is 3. The van der Waals surface area contributed by atoms with E-state index in [0.29, 0.717) is 27.0 Å². The number of benzene rings is 2. The van der Waals surface area contributed by atoms with Crippen LogP contribution in [0.2, 0.25) is 10.0 Å². The fourth-order valence-electron chi connectivity index (χ4n) is 2.59. The molecular formula is C18H14Cl2N2O3. The third-order valence-corrected chi connectivity index (χ3v) is 4.45. The summed E-state index contributed by atoms with van der Waals surface area (Å²) in [5.41, 5.74) is 2.58. The minimum Gasteiger partial charge on any atom is -0.465 e. The van der Waals surface area contributed by atoms with Crippen molar-refractivity contribution in [2.45, 2.75) is 6.92 Å². The van der Waals surface area contributed by atoms with Gasteiger partial charge in [-0.1, -0.05) is 29.3 Å². The molecule has 3 aromatic rings. The molecule has 25 heavy (non-hydrogen) atoms. The minimum absolute atomic E-state index is 0.294. The summed E-state index contributed by atoms with van der Waals surface area (Å²) in [4.78, 5) is 27.3. The van der Waals surface area contributed by atoms with Crippen molar-refractivity contribution in [2.24, 2.45) is 0 Å². The Bertz CT molecular complexity index is 995. The first kappa shape index (κ1) is 17.3. The maximum absolute atomic E-state index is 12.6. The lowest BCUT2D eigenvalue weighted by atomic mass is 10.1. The molecule has 2 N–H and O–H groups in total. The zero-order valence-corrected chi connectivity index (χ0v) is 15.0. The zero-order valence-electron chi connectivity index (χ0n) is 13.4. The van der Waals surface area contributed by atoms with Crippen LogP contribution in [0.1, 0.15) is 26.4 Å². The van der Waals surface area contributed by atoms with Crippen molar-refractivity contribution >= 4 is 51.7 Å². The number of carbonyl (C=O) groups excluding carboxylic acids is 2. The predicted molar refractivity (Wildman–Crippen MR) is 98.8 cm³/mol. The number of amides is 1. The van der Waals surface area contributed by atoms with Crippen molar-refractivity contribution in [1.29, 1.82) is 0 Å². The van der Waals surface area contributed by atoms with Crippen LogP contribution in [0.5, 0.6) is 0 Å². The molecule has 0 bridgehead atoms. The molecule has 0 aliphatic carbocycles. The summed E-state index contributed by atoms with van der Waals surface area (Å²) in [5.74, 6) is -0.877. The van der Waals surface area contributed by atoms with Gasteiger partial charge in [0.25, 0.3) is 5.91 Å². The summed E-state index contributed by atoms with van der Waals surface area (Å²) >= 11 is 12.1. The van der Waals surface area contributed by atoms with E-state index in [9.17, 15) is 9.59 Å². The van der Waals surface area contributed by atoms with Crippen LogP contribution in [0.4, 0.5) is 5.69 Å². The highest BCUT2D eigenvalue weighted by molar-refractivity contribution is 6.34. The number of aromatic amines is 1. The van der Waals surface area contributed by atoms with Gasteiger partial charge >= 0.3 is 5.97 Å². The number of halogens is 2. The number of aromatic nitrogens is 1. The van der Waals surface area contributed by atoms with Gasteiger partial charge in [0.15, 0.2) is 0 Å². The van der Waals surface area contributed by atoms with E-state index in [0.717, 1.165) is 16.5 Å². The van der Waals surface area contributed by atoms with Crippen molar-refractivity contribution < 1.29 is 14.3 Å². The van der Waals surface area contributed by atoms with Crippen molar-refractivity contribution in [3.8, 4) is 0 Å². The summed E-state index contributed by atoms with van der Waals surface area (Å²) in [6.45, 7) is 1.84. The van der Waals surface area contributed by atoms with E-state index in [1.165, 1.54) is 25.3 Å². The molecular weight excluding hydrogens is 363 g/mol. The van der Waals surface area contributed by atoms with Crippen molar-refractivity contribution in [2.75, 3.05) is 12.4 Å². The fraction of sp³-hybridized carbons (Fsp3) is 0.111. The van der Waals surface area contributed by atoms with Crippen LogP contribution in [0.25, 0.3) is 10.9 Å². The number of H-pyrrole nitrogens is 1. The van der Waals surface area contributed by atoms with Crippen LogP contribution < -0.4 is 5.32 Å². The van der Waals surface area contributed by atoms with E-state index in [1.54, 1.807) is 12.1 Å². The third-order valence-electron chi connectivity index (χ3n) is 3.88. The molecule has 1 heterocycles. The van der Waals surface area contributed by atoms with E-state index >= 15 is 0 Å². The number of ether oxygens (including phenoxy) is 1. The van der Waals surface area contributed by atoms with Crippen LogP contribution >= 0.6 is 23.2 Å². The number of hydrogen-bond donors (Lipinski definition) is 2. The van der Waals surface area contributed by atoms with E-state index in [1.807, 2.05) is 13.0 Å². The summed E-state index contributed by atoms with van der Waals surface area (Å²) < 4.78 is 4.68. The number of aryl methyl sites for hydroxylation is 1. The van der Waals surface area contributed by atoms with E-state index in [-0.39, 0.29) is 5.91 Å². The lowest BCUT2D eigenvalue weighted by Crippen LogP contribution is -2.14. The van der Waals surface area contributed by atoms with Crippen molar-refractivity contribution in [3.63, 3.8) is 0 Å². The summed E-state index contributed by atoms with van der Waals surface area (Å²) in [7, 11) is 1.29. The van der Waals surface area contributed by atoms with E-state index < -0.39 is 5.97 Å². The number of carbonyl (C=O) groups is 2. The standard InChI is InChI=1S/C18H14Cl2N2O3/c1-9-12-5-4-11(19)8-14(12)21-16(9)17(23)22-15-7-10(18(24)25-2)3-6-13(15)20/h3-8,21H,1-2H3,(H,22,23). The van der Waals surface area contributed by atoms with Crippen LogP contribution in [0.15, 0.2) is 36.4 Å². The van der Waals surface area contributed by atoms with Crippen LogP contribution in [-0.2, 0) is 4.74 Å². The third kappa shape index (κ3) is 3.34. The summed E-state index contributed by atoms with van der Waals surface area (Å²) in [6.07, 6.45) is 0. The Morgan fingerprint density at radius 3 is 2.60 bits per heavy atom. The summed E-state index contributed by atoms with van der Waals surface area (Å²) in [6, 6.07) is 9.90. The lowest BCUT2D eigenvalue weighted by molar-refractivity contribution is 0.0600. The molecule has 0 saturated heterocycles. The van der Waals surface area contributed by atoms with E-state index in [2.05, 4.69) is 15.0 Å². The fourth-order valence-corrected chi connectivity index (χ4v) is 2.92. The Kier molecular flexibility index (Phi) is 4.70. The van der Waals surface area contributed by atoms with Crippen LogP contribution in [0, 0.1) is 6.92 Å². The largest absolute Gasteiger partial charge is 0.465 e. The van der Waals surface area contributed by atoms with Gasteiger partial charge in [0, 0.05) is 15.9 Å². The number of nitrogens with one attached hydrogen (secondary N) is 2. The minimum atomic E-state index is -0.511. The molecule has 0 saturated carbocycles. The second kappa shape index (κ2) is 6.78. The first-order valence-electron chi connectivity index (χ1n) is 7.37. The van der Waals surface area contributed by atoms with Gasteiger partial charge in [-0.2, -0.15) is 0 Å². The topological polar surface area (TPSA) is 71.2 Å². The van der Waals surface area contributed by atoms with Gasteiger partial charge in [0.2, 0.25) is 0 Å². The van der Waals surface area contributed by atoms with Gasteiger partial charge in [-0.05, 0) is 42.8 Å². The molecule has 0 aliphatic rings. The number of esters is 1. The maximum Gasteiger partial charge on any atom is 0.337 e. The molecule has 0 radical (unpaired) electrons. The monoisotopic (exact) mass is 376 g/mol. The first-order chi connectivity index (χ1) is 11.9. The molecule has 5 nitrogen and oxygen atoms in total. The SMILES string of the molecule is COC(=O)c1ccc(Cl)c(NC(=O)c2[nH]c3cc(Cl)ccc3c2C)c1. The zero-order chi connectivity index (χ0) is 18.1. The van der Waals surface area contributed by atoms with E-state index in [4.69, 9.17) is 23.2 Å². The molecule has 1 aromatic heterocycles. The molecule has 2 aromatic carbocycles. The molecule has 1 amide bonds. The van der Waals surface area contributed by atoms with Crippen LogP contribution in [-0.4, -0.2) is 24.0 Å². The Labute approximate surface area is 153 Å². The second-order valence-corrected chi connectivity index (χ2v) is 6.30. The smallest absolute Gasteiger partial charge is 0.337 e. The number of rotatable bonds is 3. The van der Waals surface area contributed by atoms with Gasteiger partial charge in [0.1, 0.15) is 5.69 Å². The van der Waals surface area contributed by atoms with Gasteiger partial charge in [0.05, 0.1) is 23.4 Å². The van der Waals surface area contributed by atoms with Gasteiger partial charge in [-0.15, -0.1) is 0 Å². The average molecular weight is 377 g/mol. The maximum atomic E-state index is 12.6. The molecule has 7 heteroatoms. The highest BCUT2D eigenvalue weighted by Crippen LogP contribution is 2.27. The number of anilines is 1. The molecule has 0 spiro atoms. The lowest BCUT2D eigenvalue weighted by Gasteiger charge is -2.09. The summed E-state index contributed by atoms with van der Waals surface area (Å²) in [5, 5.41) is 4.52. The molecule has 0 fully saturated rings. The molecule has 128 valence electrons. The van der Waals surface area contributed by atoms with Gasteiger partial charge in [-0.25, -0.2) is 4.79 Å². The number of fused-ring (bicyclic) bond motifs is 1. The quantitative estimate of drug-likeness (QED) is 0.643. The highest BCUT2D eigenvalue weighted by Gasteiger charge is 2.17. The first-order valence-corrected chi connectivity index (χ1v) is 8.13. The van der Waals surface area contributed by atoms with Crippen LogP contribution in [0.3, 0.4) is 0 Å². The molecule has 0 aliphatic heterocycles.